The number of carbonyl (C=O) groups is 1. The first-order valence-electron chi connectivity index (χ1n) is 7.75. The van der Waals surface area contributed by atoms with Gasteiger partial charge in [-0.2, -0.15) is 0 Å². The molecule has 24 heavy (non-hydrogen) atoms. The minimum atomic E-state index is -0.300. The molecule has 5 heteroatoms. The van der Waals surface area contributed by atoms with E-state index in [1.807, 2.05) is 26.8 Å². The molecule has 0 radical (unpaired) electrons. The van der Waals surface area contributed by atoms with Gasteiger partial charge in [-0.05, 0) is 37.6 Å². The van der Waals surface area contributed by atoms with E-state index in [1.165, 1.54) is 0 Å². The van der Waals surface area contributed by atoms with Crippen LogP contribution in [-0.2, 0) is 0 Å². The van der Waals surface area contributed by atoms with Crippen LogP contribution in [0.2, 0.25) is 0 Å². The van der Waals surface area contributed by atoms with Gasteiger partial charge in [0, 0.05) is 23.9 Å². The van der Waals surface area contributed by atoms with Gasteiger partial charge >= 0.3 is 0 Å². The van der Waals surface area contributed by atoms with Crippen molar-refractivity contribution in [2.45, 2.75) is 27.2 Å². The van der Waals surface area contributed by atoms with Crippen LogP contribution in [0.3, 0.4) is 0 Å². The Morgan fingerprint density at radius 1 is 1.29 bits per heavy atom. The minimum absolute atomic E-state index is 0.220. The van der Waals surface area contributed by atoms with E-state index in [0.29, 0.717) is 23.6 Å². The van der Waals surface area contributed by atoms with Crippen LogP contribution >= 0.6 is 0 Å². The van der Waals surface area contributed by atoms with Gasteiger partial charge in [-0.25, -0.2) is 4.98 Å². The number of carbonyl (C=O) groups excluding carboxylic acids is 1. The molecule has 1 heterocycles. The number of amides is 1. The molecule has 5 nitrogen and oxygen atoms in total. The smallest absolute Gasteiger partial charge is 0.259 e. The van der Waals surface area contributed by atoms with Crippen LogP contribution in [0.15, 0.2) is 30.3 Å². The summed E-state index contributed by atoms with van der Waals surface area (Å²) >= 11 is 0. The van der Waals surface area contributed by atoms with E-state index in [2.05, 4.69) is 22.1 Å². The molecule has 1 aromatic heterocycles. The van der Waals surface area contributed by atoms with Crippen molar-refractivity contribution in [2.24, 2.45) is 0 Å². The number of nitrogens with one attached hydrogen (secondary N) is 1. The number of rotatable bonds is 4. The van der Waals surface area contributed by atoms with E-state index in [1.54, 1.807) is 24.3 Å². The van der Waals surface area contributed by atoms with E-state index in [0.717, 1.165) is 17.7 Å². The Kier molecular flexibility index (Phi) is 5.80. The molecule has 2 aromatic rings. The van der Waals surface area contributed by atoms with Crippen molar-refractivity contribution in [3.8, 4) is 17.6 Å². The van der Waals surface area contributed by atoms with Gasteiger partial charge in [0.05, 0.1) is 5.56 Å². The first kappa shape index (κ1) is 17.4. The van der Waals surface area contributed by atoms with Crippen LogP contribution in [-0.4, -0.2) is 17.5 Å². The number of nitrogens with zero attached hydrogens (tertiary/aromatic N) is 1. The number of aryl methyl sites for hydroxylation is 2. The van der Waals surface area contributed by atoms with Gasteiger partial charge in [0.2, 0.25) is 0 Å². The van der Waals surface area contributed by atoms with Gasteiger partial charge in [-0.15, -0.1) is 5.92 Å². The summed E-state index contributed by atoms with van der Waals surface area (Å²) in [5, 5.41) is 2.81. The van der Waals surface area contributed by atoms with Crippen LogP contribution in [0.4, 0.5) is 11.5 Å². The summed E-state index contributed by atoms with van der Waals surface area (Å²) in [6.45, 7) is 6.05. The molecule has 0 unspecified atom stereocenters. The molecule has 0 spiro atoms. The molecule has 0 aliphatic heterocycles. The van der Waals surface area contributed by atoms with Crippen molar-refractivity contribution >= 4 is 17.4 Å². The lowest BCUT2D eigenvalue weighted by Gasteiger charge is -2.10. The Labute approximate surface area is 142 Å². The number of nitrogens with two attached hydrogens (primary N) is 1. The zero-order chi connectivity index (χ0) is 17.5. The van der Waals surface area contributed by atoms with E-state index in [9.17, 15) is 4.79 Å². The number of aromatic nitrogens is 1. The normalized spacial score (nSPS) is 9.79. The third-order valence-electron chi connectivity index (χ3n) is 3.44. The molecular weight excluding hydrogens is 302 g/mol. The highest BCUT2D eigenvalue weighted by Crippen LogP contribution is 2.20. The van der Waals surface area contributed by atoms with E-state index >= 15 is 0 Å². The summed E-state index contributed by atoms with van der Waals surface area (Å²) in [4.78, 5) is 16.6. The molecule has 0 saturated heterocycles. The summed E-state index contributed by atoms with van der Waals surface area (Å²) in [7, 11) is 0. The Balaban J connectivity index is 2.10. The summed E-state index contributed by atoms with van der Waals surface area (Å²) < 4.78 is 5.53. The SMILES string of the molecule is CCC#CCOc1cccc(NC(=O)c2cc(C)c(C)nc2N)c1. The number of hydrogen-bond donors (Lipinski definition) is 2. The zero-order valence-electron chi connectivity index (χ0n) is 14.1. The second-order valence-corrected chi connectivity index (χ2v) is 5.30. The molecule has 1 aromatic carbocycles. The maximum absolute atomic E-state index is 12.4. The maximum Gasteiger partial charge on any atom is 0.259 e. The lowest BCUT2D eigenvalue weighted by molar-refractivity contribution is 0.102. The number of ether oxygens (including phenoxy) is 1. The standard InChI is InChI=1S/C19H21N3O2/c1-4-5-6-10-24-16-9-7-8-15(12-16)22-19(23)17-11-13(2)14(3)21-18(17)20/h7-9,11-12H,4,10H2,1-3H3,(H2,20,21)(H,22,23). The zero-order valence-corrected chi connectivity index (χ0v) is 14.1. The van der Waals surface area contributed by atoms with Gasteiger partial charge in [0.1, 0.15) is 18.2 Å². The average molecular weight is 323 g/mol. The summed E-state index contributed by atoms with van der Waals surface area (Å²) in [5.74, 6) is 6.40. The van der Waals surface area contributed by atoms with Crippen molar-refractivity contribution < 1.29 is 9.53 Å². The summed E-state index contributed by atoms with van der Waals surface area (Å²) in [5.41, 5.74) is 8.57. The van der Waals surface area contributed by atoms with E-state index in [-0.39, 0.29) is 11.7 Å². The van der Waals surface area contributed by atoms with Gasteiger partial charge < -0.3 is 15.8 Å². The number of nitrogen functional groups attached to an aromatic ring is 1. The molecule has 2 rings (SSSR count). The van der Waals surface area contributed by atoms with Gasteiger partial charge in [-0.1, -0.05) is 18.9 Å². The molecule has 0 saturated carbocycles. The number of anilines is 2. The lowest BCUT2D eigenvalue weighted by Crippen LogP contribution is -2.15. The van der Waals surface area contributed by atoms with Crippen LogP contribution in [0, 0.1) is 25.7 Å². The third kappa shape index (κ3) is 4.50. The third-order valence-corrected chi connectivity index (χ3v) is 3.44. The minimum Gasteiger partial charge on any atom is -0.481 e. The van der Waals surface area contributed by atoms with E-state index < -0.39 is 0 Å². The Bertz CT molecular complexity index is 804. The second-order valence-electron chi connectivity index (χ2n) is 5.30. The quantitative estimate of drug-likeness (QED) is 0.846. The van der Waals surface area contributed by atoms with Crippen molar-refractivity contribution in [1.82, 2.24) is 4.98 Å². The second kappa shape index (κ2) is 8.02. The molecule has 0 atom stereocenters. The average Bonchev–Trinajstić information content (AvgIpc) is 2.55. The highest BCUT2D eigenvalue weighted by molar-refractivity contribution is 6.07. The first-order valence-corrected chi connectivity index (χ1v) is 7.75. The van der Waals surface area contributed by atoms with Crippen LogP contribution in [0.1, 0.15) is 35.0 Å². The van der Waals surface area contributed by atoms with Crippen molar-refractivity contribution in [1.29, 1.82) is 0 Å². The predicted molar refractivity (Wildman–Crippen MR) is 96.1 cm³/mol. The van der Waals surface area contributed by atoms with Gasteiger partial charge in [-0.3, -0.25) is 4.79 Å². The summed E-state index contributed by atoms with van der Waals surface area (Å²) in [6, 6.07) is 8.90. The number of hydrogen-bond acceptors (Lipinski definition) is 4. The van der Waals surface area contributed by atoms with Crippen molar-refractivity contribution in [3.05, 3.63) is 47.2 Å². The fraction of sp³-hybridized carbons (Fsp3) is 0.263. The van der Waals surface area contributed by atoms with E-state index in [4.69, 9.17) is 10.5 Å². The molecule has 0 fully saturated rings. The maximum atomic E-state index is 12.4. The topological polar surface area (TPSA) is 77.2 Å². The van der Waals surface area contributed by atoms with Gasteiger partial charge in [0.15, 0.2) is 0 Å². The fourth-order valence-electron chi connectivity index (χ4n) is 2.06. The first-order chi connectivity index (χ1) is 11.5. The fourth-order valence-corrected chi connectivity index (χ4v) is 2.06. The lowest BCUT2D eigenvalue weighted by atomic mass is 10.1. The van der Waals surface area contributed by atoms with Gasteiger partial charge in [0.25, 0.3) is 5.91 Å². The summed E-state index contributed by atoms with van der Waals surface area (Å²) in [6.07, 6.45) is 0.797. The monoisotopic (exact) mass is 323 g/mol. The molecule has 0 aliphatic rings. The Morgan fingerprint density at radius 3 is 2.83 bits per heavy atom. The van der Waals surface area contributed by atoms with Crippen LogP contribution < -0.4 is 15.8 Å². The van der Waals surface area contributed by atoms with Crippen molar-refractivity contribution in [3.63, 3.8) is 0 Å². The van der Waals surface area contributed by atoms with Crippen molar-refractivity contribution in [2.75, 3.05) is 17.7 Å². The number of benzene rings is 1. The molecule has 1 amide bonds. The predicted octanol–water partition coefficient (Wildman–Crippen LogP) is 3.33. The molecule has 0 bridgehead atoms. The van der Waals surface area contributed by atoms with Crippen LogP contribution in [0.25, 0.3) is 0 Å². The molecule has 124 valence electrons. The van der Waals surface area contributed by atoms with Crippen LogP contribution in [0.5, 0.6) is 5.75 Å². The molecule has 0 aliphatic carbocycles. The number of pyridine rings is 1. The highest BCUT2D eigenvalue weighted by Gasteiger charge is 2.13. The molecule has 3 N–H and O–H groups in total. The Hall–Kier alpha value is -3.00. The Morgan fingerprint density at radius 2 is 2.08 bits per heavy atom. The molecular formula is C19H21N3O2. The highest BCUT2D eigenvalue weighted by atomic mass is 16.5. The largest absolute Gasteiger partial charge is 0.481 e.